The first-order valence-electron chi connectivity index (χ1n) is 12.2. The van der Waals surface area contributed by atoms with Gasteiger partial charge in [0.1, 0.15) is 0 Å². The Balaban J connectivity index is 1.39. The van der Waals surface area contributed by atoms with Crippen molar-refractivity contribution >= 4 is 11.8 Å². The van der Waals surface area contributed by atoms with Crippen molar-refractivity contribution in [1.29, 1.82) is 0 Å². The van der Waals surface area contributed by atoms with Crippen LogP contribution in [0.25, 0.3) is 0 Å². The zero-order valence-corrected chi connectivity index (χ0v) is 19.4. The zero-order valence-electron chi connectivity index (χ0n) is 19.4. The highest BCUT2D eigenvalue weighted by Gasteiger charge is 2.32. The summed E-state index contributed by atoms with van der Waals surface area (Å²) >= 11 is 0. The Bertz CT molecular complexity index is 1140. The second kappa shape index (κ2) is 10.2. The number of carbonyl (C=O) groups excluding carboxylic acids is 2. The van der Waals surface area contributed by atoms with Crippen LogP contribution in [0.4, 0.5) is 0 Å². The van der Waals surface area contributed by atoms with Gasteiger partial charge < -0.3 is 9.80 Å². The van der Waals surface area contributed by atoms with Crippen LogP contribution in [-0.2, 0) is 25.9 Å². The van der Waals surface area contributed by atoms with E-state index in [2.05, 4.69) is 16.0 Å². The van der Waals surface area contributed by atoms with Gasteiger partial charge in [0.2, 0.25) is 0 Å². The molecule has 3 aromatic rings. The molecule has 0 aliphatic carbocycles. The molecule has 176 valence electrons. The molecule has 0 N–H and O–H groups in total. The van der Waals surface area contributed by atoms with Gasteiger partial charge in [0.15, 0.2) is 5.69 Å². The van der Waals surface area contributed by atoms with Crippen LogP contribution in [-0.4, -0.2) is 61.0 Å². The van der Waals surface area contributed by atoms with Gasteiger partial charge in [0, 0.05) is 68.6 Å². The number of amides is 2. The molecule has 1 saturated heterocycles. The van der Waals surface area contributed by atoms with Gasteiger partial charge in [-0.05, 0) is 55.9 Å². The van der Waals surface area contributed by atoms with E-state index >= 15 is 0 Å². The maximum absolute atomic E-state index is 13.5. The van der Waals surface area contributed by atoms with Crippen molar-refractivity contribution in [1.82, 2.24) is 29.5 Å². The third-order valence-electron chi connectivity index (χ3n) is 6.73. The van der Waals surface area contributed by atoms with E-state index in [9.17, 15) is 9.59 Å². The summed E-state index contributed by atoms with van der Waals surface area (Å²) in [5.41, 5.74) is 4.27. The van der Waals surface area contributed by atoms with E-state index in [-0.39, 0.29) is 11.8 Å². The van der Waals surface area contributed by atoms with Gasteiger partial charge in [-0.2, -0.15) is 5.10 Å². The summed E-state index contributed by atoms with van der Waals surface area (Å²) in [6.45, 7) is 3.30. The van der Waals surface area contributed by atoms with Gasteiger partial charge >= 0.3 is 0 Å². The molecule has 5 rings (SSSR count). The fourth-order valence-electron chi connectivity index (χ4n) is 4.92. The smallest absolute Gasteiger partial charge is 0.274 e. The minimum atomic E-state index is -0.0561. The second-order valence-corrected chi connectivity index (χ2v) is 9.03. The Hall–Kier alpha value is -3.55. The summed E-state index contributed by atoms with van der Waals surface area (Å²) in [5, 5.41) is 4.82. The van der Waals surface area contributed by atoms with Gasteiger partial charge in [-0.3, -0.25) is 24.2 Å². The van der Waals surface area contributed by atoms with Gasteiger partial charge in [-0.15, -0.1) is 0 Å². The first kappa shape index (κ1) is 22.3. The fourth-order valence-corrected chi connectivity index (χ4v) is 4.92. The predicted molar refractivity (Wildman–Crippen MR) is 127 cm³/mol. The summed E-state index contributed by atoms with van der Waals surface area (Å²) in [6, 6.07) is 7.59. The van der Waals surface area contributed by atoms with Gasteiger partial charge in [0.05, 0.1) is 12.1 Å². The average Bonchev–Trinajstić information content (AvgIpc) is 3.27. The molecule has 0 unspecified atom stereocenters. The number of pyridine rings is 2. The van der Waals surface area contributed by atoms with Crippen LogP contribution in [0.2, 0.25) is 0 Å². The number of rotatable bonds is 6. The minimum absolute atomic E-state index is 0.00219. The lowest BCUT2D eigenvalue weighted by Gasteiger charge is -2.29. The van der Waals surface area contributed by atoms with Crippen LogP contribution in [0, 0.1) is 0 Å². The quantitative estimate of drug-likeness (QED) is 0.567. The summed E-state index contributed by atoms with van der Waals surface area (Å²) in [6.07, 6.45) is 12.7. The average molecular weight is 459 g/mol. The third-order valence-corrected chi connectivity index (χ3v) is 6.73. The van der Waals surface area contributed by atoms with Crippen molar-refractivity contribution in [2.45, 2.75) is 51.6 Å². The number of carbonyl (C=O) groups is 2. The van der Waals surface area contributed by atoms with E-state index in [1.165, 1.54) is 5.56 Å². The molecule has 1 fully saturated rings. The fraction of sp³-hybridized carbons (Fsp3) is 0.423. The Morgan fingerprint density at radius 2 is 1.68 bits per heavy atom. The number of aromatic nitrogens is 4. The van der Waals surface area contributed by atoms with Gasteiger partial charge in [-0.1, -0.05) is 6.07 Å². The maximum Gasteiger partial charge on any atom is 0.274 e. The van der Waals surface area contributed by atoms with E-state index in [1.54, 1.807) is 30.7 Å². The number of aryl methyl sites for hydroxylation is 2. The van der Waals surface area contributed by atoms with Crippen molar-refractivity contribution in [3.63, 3.8) is 0 Å². The molecule has 2 amide bonds. The first-order chi connectivity index (χ1) is 16.7. The number of likely N-dealkylation sites (tertiary alicyclic amines) is 1. The van der Waals surface area contributed by atoms with Crippen molar-refractivity contribution in [2.24, 2.45) is 0 Å². The molecule has 5 heterocycles. The normalized spacial score (nSPS) is 15.8. The molecule has 8 nitrogen and oxygen atoms in total. The van der Waals surface area contributed by atoms with E-state index in [0.29, 0.717) is 30.8 Å². The SMILES string of the molecule is O=C(c1cccnc1)N1CCc2c(c(C(=O)N3CCCCC3)nn2CCCc2cccnc2)C1. The molecule has 0 saturated carbocycles. The highest BCUT2D eigenvalue weighted by molar-refractivity contribution is 5.96. The molecule has 0 atom stereocenters. The van der Waals surface area contributed by atoms with Crippen LogP contribution < -0.4 is 0 Å². The molecular weight excluding hydrogens is 428 g/mol. The molecule has 0 spiro atoms. The Kier molecular flexibility index (Phi) is 6.65. The van der Waals surface area contributed by atoms with Crippen LogP contribution in [0.5, 0.6) is 0 Å². The van der Waals surface area contributed by atoms with Gasteiger partial charge in [0.25, 0.3) is 11.8 Å². The number of hydrogen-bond acceptors (Lipinski definition) is 5. The second-order valence-electron chi connectivity index (χ2n) is 9.03. The molecule has 0 aromatic carbocycles. The van der Waals surface area contributed by atoms with Crippen LogP contribution in [0.3, 0.4) is 0 Å². The van der Waals surface area contributed by atoms with Crippen LogP contribution in [0.1, 0.15) is 63.4 Å². The topological polar surface area (TPSA) is 84.2 Å². The highest BCUT2D eigenvalue weighted by Crippen LogP contribution is 2.26. The van der Waals surface area contributed by atoms with E-state index in [0.717, 1.165) is 63.0 Å². The maximum atomic E-state index is 13.5. The molecule has 0 bridgehead atoms. The van der Waals surface area contributed by atoms with Crippen molar-refractivity contribution < 1.29 is 9.59 Å². The van der Waals surface area contributed by atoms with Crippen LogP contribution >= 0.6 is 0 Å². The summed E-state index contributed by atoms with van der Waals surface area (Å²) < 4.78 is 2.01. The Morgan fingerprint density at radius 3 is 2.41 bits per heavy atom. The number of piperidine rings is 1. The molecule has 2 aliphatic heterocycles. The minimum Gasteiger partial charge on any atom is -0.337 e. The molecule has 8 heteroatoms. The van der Waals surface area contributed by atoms with Crippen molar-refractivity contribution in [3.05, 3.63) is 77.1 Å². The van der Waals surface area contributed by atoms with E-state index < -0.39 is 0 Å². The molecule has 2 aliphatic rings. The lowest BCUT2D eigenvalue weighted by molar-refractivity contribution is 0.0696. The van der Waals surface area contributed by atoms with E-state index in [1.807, 2.05) is 26.7 Å². The number of fused-ring (bicyclic) bond motifs is 1. The Labute approximate surface area is 199 Å². The van der Waals surface area contributed by atoms with Crippen LogP contribution in [0.15, 0.2) is 49.1 Å². The number of nitrogens with zero attached hydrogens (tertiary/aromatic N) is 6. The molecule has 3 aromatic heterocycles. The largest absolute Gasteiger partial charge is 0.337 e. The highest BCUT2D eigenvalue weighted by atomic mass is 16.2. The molecule has 0 radical (unpaired) electrons. The lowest BCUT2D eigenvalue weighted by Crippen LogP contribution is -2.39. The lowest BCUT2D eigenvalue weighted by atomic mass is 10.0. The zero-order chi connectivity index (χ0) is 23.3. The summed E-state index contributed by atoms with van der Waals surface area (Å²) in [4.78, 5) is 38.6. The molecule has 34 heavy (non-hydrogen) atoms. The molecular formula is C26H30N6O2. The summed E-state index contributed by atoms with van der Waals surface area (Å²) in [5.74, 6) is -0.0583. The summed E-state index contributed by atoms with van der Waals surface area (Å²) in [7, 11) is 0. The monoisotopic (exact) mass is 458 g/mol. The van der Waals surface area contributed by atoms with Crippen molar-refractivity contribution in [3.8, 4) is 0 Å². The van der Waals surface area contributed by atoms with E-state index in [4.69, 9.17) is 5.10 Å². The standard InChI is InChI=1S/C26H30N6O2/c33-25(21-9-5-12-28-18-21)31-16-10-23-22(19-31)24(26(34)30-13-2-1-3-14-30)29-32(23)15-6-8-20-7-4-11-27-17-20/h4-5,7,9,11-12,17-18H,1-3,6,8,10,13-16,19H2. The predicted octanol–water partition coefficient (Wildman–Crippen LogP) is 3.13. The van der Waals surface area contributed by atoms with Gasteiger partial charge in [-0.25, -0.2) is 0 Å². The first-order valence-corrected chi connectivity index (χ1v) is 12.2. The number of hydrogen-bond donors (Lipinski definition) is 0. The van der Waals surface area contributed by atoms with Crippen molar-refractivity contribution in [2.75, 3.05) is 19.6 Å². The Morgan fingerprint density at radius 1 is 0.882 bits per heavy atom. The third kappa shape index (κ3) is 4.71.